The van der Waals surface area contributed by atoms with Gasteiger partial charge in [-0.1, -0.05) is 13.8 Å². The molecule has 0 bridgehead atoms. The van der Waals surface area contributed by atoms with E-state index in [0.29, 0.717) is 13.0 Å². The van der Waals surface area contributed by atoms with Gasteiger partial charge in [-0.15, -0.1) is 0 Å². The van der Waals surface area contributed by atoms with Gasteiger partial charge in [0.2, 0.25) is 11.8 Å². The predicted molar refractivity (Wildman–Crippen MR) is 58.3 cm³/mol. The average Bonchev–Trinajstić information content (AvgIpc) is 2.70. The largest absolute Gasteiger partial charge is 0.355 e. The Morgan fingerprint density at radius 3 is 2.40 bits per heavy atom. The van der Waals surface area contributed by atoms with Crippen molar-refractivity contribution in [2.45, 2.75) is 33.1 Å². The van der Waals surface area contributed by atoms with Crippen molar-refractivity contribution in [3.05, 3.63) is 0 Å². The van der Waals surface area contributed by atoms with E-state index in [0.717, 1.165) is 25.9 Å². The number of carbonyl (C=O) groups excluding carboxylic acids is 2. The van der Waals surface area contributed by atoms with Crippen molar-refractivity contribution in [3.8, 4) is 0 Å². The summed E-state index contributed by atoms with van der Waals surface area (Å²) < 4.78 is 0. The van der Waals surface area contributed by atoms with Crippen LogP contribution in [0.3, 0.4) is 0 Å². The zero-order valence-corrected chi connectivity index (χ0v) is 9.58. The summed E-state index contributed by atoms with van der Waals surface area (Å²) in [5.41, 5.74) is 0. The fourth-order valence-electron chi connectivity index (χ4n) is 1.62. The summed E-state index contributed by atoms with van der Waals surface area (Å²) in [5.74, 6) is 0.174. The number of rotatable bonds is 4. The maximum atomic E-state index is 11.6. The summed E-state index contributed by atoms with van der Waals surface area (Å²) in [6, 6.07) is 0. The van der Waals surface area contributed by atoms with E-state index < -0.39 is 0 Å². The highest BCUT2D eigenvalue weighted by atomic mass is 16.2. The Morgan fingerprint density at radius 1 is 1.27 bits per heavy atom. The van der Waals surface area contributed by atoms with Gasteiger partial charge in [0, 0.05) is 32.0 Å². The molecule has 1 rings (SSSR count). The highest BCUT2D eigenvalue weighted by molar-refractivity contribution is 5.80. The Bertz CT molecular complexity index is 233. The van der Waals surface area contributed by atoms with Crippen molar-refractivity contribution in [3.63, 3.8) is 0 Å². The predicted octanol–water partition coefficient (Wildman–Crippen LogP) is 0.771. The van der Waals surface area contributed by atoms with Crippen molar-refractivity contribution in [2.75, 3.05) is 19.6 Å². The molecule has 0 atom stereocenters. The smallest absolute Gasteiger partial charge is 0.224 e. The van der Waals surface area contributed by atoms with E-state index in [-0.39, 0.29) is 17.7 Å². The van der Waals surface area contributed by atoms with Crippen molar-refractivity contribution >= 4 is 11.8 Å². The molecule has 0 aromatic heterocycles. The number of carbonyl (C=O) groups is 2. The third-order valence-electron chi connectivity index (χ3n) is 2.62. The van der Waals surface area contributed by atoms with Crippen LogP contribution in [0.2, 0.25) is 0 Å². The molecule has 0 aromatic rings. The van der Waals surface area contributed by atoms with Crippen molar-refractivity contribution < 1.29 is 9.59 Å². The maximum Gasteiger partial charge on any atom is 0.224 e. The van der Waals surface area contributed by atoms with Gasteiger partial charge < -0.3 is 10.2 Å². The van der Waals surface area contributed by atoms with Gasteiger partial charge in [-0.25, -0.2) is 0 Å². The van der Waals surface area contributed by atoms with Crippen LogP contribution in [0.4, 0.5) is 0 Å². The lowest BCUT2D eigenvalue weighted by Crippen LogP contribution is -2.34. The number of hydrogen-bond acceptors (Lipinski definition) is 2. The molecular formula is C11H20N2O2. The summed E-state index contributed by atoms with van der Waals surface area (Å²) in [6.45, 7) is 5.93. The molecule has 1 aliphatic heterocycles. The monoisotopic (exact) mass is 212 g/mol. The minimum absolute atomic E-state index is 0.00751. The third kappa shape index (κ3) is 3.90. The van der Waals surface area contributed by atoms with E-state index in [1.807, 2.05) is 18.7 Å². The van der Waals surface area contributed by atoms with Crippen LogP contribution in [0, 0.1) is 5.92 Å². The number of likely N-dealkylation sites (tertiary alicyclic amines) is 1. The molecule has 0 radical (unpaired) electrons. The number of nitrogens with zero attached hydrogens (tertiary/aromatic N) is 1. The first-order valence-corrected chi connectivity index (χ1v) is 5.66. The lowest BCUT2D eigenvalue weighted by molar-refractivity contribution is -0.130. The number of amides is 2. The molecule has 0 aliphatic carbocycles. The highest BCUT2D eigenvalue weighted by Crippen LogP contribution is 2.08. The van der Waals surface area contributed by atoms with Crippen LogP contribution in [-0.2, 0) is 9.59 Å². The molecule has 0 spiro atoms. The Kier molecular flexibility index (Phi) is 4.59. The van der Waals surface area contributed by atoms with Crippen LogP contribution < -0.4 is 5.32 Å². The van der Waals surface area contributed by atoms with Gasteiger partial charge in [0.05, 0.1) is 0 Å². The van der Waals surface area contributed by atoms with Gasteiger partial charge in [-0.3, -0.25) is 9.59 Å². The SMILES string of the molecule is CC(C)C(=O)NCCC(=O)N1CCCC1. The van der Waals surface area contributed by atoms with Gasteiger partial charge in [-0.05, 0) is 12.8 Å². The zero-order valence-electron chi connectivity index (χ0n) is 9.58. The molecule has 86 valence electrons. The summed E-state index contributed by atoms with van der Waals surface area (Å²) in [7, 11) is 0. The van der Waals surface area contributed by atoms with Gasteiger partial charge in [0.25, 0.3) is 0 Å². The maximum absolute atomic E-state index is 11.6. The lowest BCUT2D eigenvalue weighted by atomic mass is 10.2. The molecule has 4 nitrogen and oxygen atoms in total. The molecule has 0 unspecified atom stereocenters. The molecule has 15 heavy (non-hydrogen) atoms. The second-order valence-electron chi connectivity index (χ2n) is 4.28. The first kappa shape index (κ1) is 12.0. The van der Waals surface area contributed by atoms with Crippen LogP contribution >= 0.6 is 0 Å². The molecule has 0 aromatic carbocycles. The molecule has 1 heterocycles. The molecule has 1 aliphatic rings. The van der Waals surface area contributed by atoms with E-state index in [1.165, 1.54) is 0 Å². The summed E-state index contributed by atoms with van der Waals surface area (Å²) in [6.07, 6.45) is 2.66. The zero-order chi connectivity index (χ0) is 11.3. The molecule has 2 amide bonds. The Morgan fingerprint density at radius 2 is 1.87 bits per heavy atom. The minimum Gasteiger partial charge on any atom is -0.355 e. The standard InChI is InChI=1S/C11H20N2O2/c1-9(2)11(15)12-6-5-10(14)13-7-3-4-8-13/h9H,3-8H2,1-2H3,(H,12,15). The van der Waals surface area contributed by atoms with Crippen LogP contribution in [0.25, 0.3) is 0 Å². The second-order valence-corrected chi connectivity index (χ2v) is 4.28. The number of nitrogens with one attached hydrogen (secondary N) is 1. The summed E-state index contributed by atoms with van der Waals surface area (Å²) in [5, 5.41) is 2.75. The van der Waals surface area contributed by atoms with Gasteiger partial charge >= 0.3 is 0 Å². The van der Waals surface area contributed by atoms with Crippen LogP contribution in [0.15, 0.2) is 0 Å². The van der Waals surface area contributed by atoms with E-state index >= 15 is 0 Å². The van der Waals surface area contributed by atoms with Crippen molar-refractivity contribution in [2.24, 2.45) is 5.92 Å². The summed E-state index contributed by atoms with van der Waals surface area (Å²) >= 11 is 0. The Hall–Kier alpha value is -1.06. The fraction of sp³-hybridized carbons (Fsp3) is 0.818. The fourth-order valence-corrected chi connectivity index (χ4v) is 1.62. The van der Waals surface area contributed by atoms with E-state index in [9.17, 15) is 9.59 Å². The van der Waals surface area contributed by atoms with E-state index in [4.69, 9.17) is 0 Å². The third-order valence-corrected chi connectivity index (χ3v) is 2.62. The number of hydrogen-bond donors (Lipinski definition) is 1. The Balaban J connectivity index is 2.14. The van der Waals surface area contributed by atoms with Gasteiger partial charge in [-0.2, -0.15) is 0 Å². The molecule has 4 heteroatoms. The molecule has 1 N–H and O–H groups in total. The molecular weight excluding hydrogens is 192 g/mol. The van der Waals surface area contributed by atoms with Crippen LogP contribution in [0.5, 0.6) is 0 Å². The van der Waals surface area contributed by atoms with Gasteiger partial charge in [0.1, 0.15) is 0 Å². The van der Waals surface area contributed by atoms with Crippen molar-refractivity contribution in [1.29, 1.82) is 0 Å². The quantitative estimate of drug-likeness (QED) is 0.748. The lowest BCUT2D eigenvalue weighted by Gasteiger charge is -2.15. The topological polar surface area (TPSA) is 49.4 Å². The average molecular weight is 212 g/mol. The van der Waals surface area contributed by atoms with Crippen molar-refractivity contribution in [1.82, 2.24) is 10.2 Å². The Labute approximate surface area is 91.0 Å². The first-order valence-electron chi connectivity index (χ1n) is 5.66. The minimum atomic E-state index is -0.00751. The summed E-state index contributed by atoms with van der Waals surface area (Å²) in [4.78, 5) is 24.7. The molecule has 1 saturated heterocycles. The van der Waals surface area contributed by atoms with E-state index in [1.54, 1.807) is 0 Å². The molecule has 0 saturated carbocycles. The van der Waals surface area contributed by atoms with Crippen LogP contribution in [0.1, 0.15) is 33.1 Å². The highest BCUT2D eigenvalue weighted by Gasteiger charge is 2.17. The van der Waals surface area contributed by atoms with E-state index in [2.05, 4.69) is 5.32 Å². The van der Waals surface area contributed by atoms with Crippen LogP contribution in [-0.4, -0.2) is 36.3 Å². The first-order chi connectivity index (χ1) is 7.11. The second kappa shape index (κ2) is 5.73. The van der Waals surface area contributed by atoms with Gasteiger partial charge in [0.15, 0.2) is 0 Å². The normalized spacial score (nSPS) is 15.8. The molecule has 1 fully saturated rings.